The Labute approximate surface area is 172 Å². The number of hydrogen-bond acceptors (Lipinski definition) is 7. The second kappa shape index (κ2) is 8.16. The second-order valence-corrected chi connectivity index (χ2v) is 9.82. The van der Waals surface area contributed by atoms with Gasteiger partial charge < -0.3 is 14.7 Å². The highest BCUT2D eigenvalue weighted by molar-refractivity contribution is 7.14. The van der Waals surface area contributed by atoms with Crippen LogP contribution in [-0.2, 0) is 10.2 Å². The number of carbonyl (C=O) groups excluding carboxylic acids is 1. The zero-order valence-corrected chi connectivity index (χ0v) is 18.1. The lowest BCUT2D eigenvalue weighted by molar-refractivity contribution is -0.108. The van der Waals surface area contributed by atoms with Gasteiger partial charge in [0.05, 0.1) is 5.69 Å². The molecular formula is C19H25N3O4S2. The maximum absolute atomic E-state index is 11.9. The fourth-order valence-electron chi connectivity index (χ4n) is 3.35. The lowest BCUT2D eigenvalue weighted by Crippen LogP contribution is -2.40. The summed E-state index contributed by atoms with van der Waals surface area (Å²) in [4.78, 5) is 30.7. The van der Waals surface area contributed by atoms with Crippen LogP contribution in [0.1, 0.15) is 66.8 Å². The lowest BCUT2D eigenvalue weighted by atomic mass is 9.91. The maximum Gasteiger partial charge on any atom is 0.348 e. The van der Waals surface area contributed by atoms with Gasteiger partial charge in [-0.1, -0.05) is 20.8 Å². The Bertz CT molecular complexity index is 848. The number of amides is 1. The molecule has 1 saturated carbocycles. The molecule has 28 heavy (non-hydrogen) atoms. The van der Waals surface area contributed by atoms with Crippen LogP contribution in [0.25, 0.3) is 0 Å². The molecule has 1 aliphatic rings. The molecule has 0 aromatic carbocycles. The van der Waals surface area contributed by atoms with Gasteiger partial charge in [-0.05, 0) is 44.1 Å². The molecule has 1 N–H and O–H groups in total. The summed E-state index contributed by atoms with van der Waals surface area (Å²) >= 11 is 2.50. The van der Waals surface area contributed by atoms with E-state index in [1.165, 1.54) is 22.9 Å². The molecule has 0 spiro atoms. The number of carboxylic acid groups (broad SMARTS) is 1. The molecule has 1 aliphatic carbocycles. The van der Waals surface area contributed by atoms with Gasteiger partial charge in [-0.3, -0.25) is 4.79 Å². The summed E-state index contributed by atoms with van der Waals surface area (Å²) in [6, 6.07) is 1.82. The molecule has 0 radical (unpaired) electrons. The van der Waals surface area contributed by atoms with Crippen molar-refractivity contribution in [3.8, 4) is 5.19 Å². The molecule has 0 bridgehead atoms. The second-order valence-electron chi connectivity index (χ2n) is 8.05. The summed E-state index contributed by atoms with van der Waals surface area (Å²) < 4.78 is 10.0. The van der Waals surface area contributed by atoms with Crippen molar-refractivity contribution in [2.45, 2.75) is 70.9 Å². The molecular weight excluding hydrogens is 398 g/mol. The van der Waals surface area contributed by atoms with Gasteiger partial charge >= 0.3 is 5.97 Å². The van der Waals surface area contributed by atoms with Crippen LogP contribution in [0.5, 0.6) is 5.19 Å². The molecule has 0 unspecified atom stereocenters. The van der Waals surface area contributed by atoms with E-state index in [9.17, 15) is 14.7 Å². The fourth-order valence-corrected chi connectivity index (χ4v) is 5.00. The molecule has 3 rings (SSSR count). The van der Waals surface area contributed by atoms with Crippen molar-refractivity contribution in [2.24, 2.45) is 0 Å². The molecule has 9 heteroatoms. The standard InChI is InChI=1S/C19H25N3O4S2/c1-11-20-18(28-21-11)26-13-7-5-12(6-8-13)22(10-23)14-9-15(19(2,3)4)27-16(14)17(24)25/h9-10,12-13H,5-8H2,1-4H3,(H,24,25). The van der Waals surface area contributed by atoms with Crippen molar-refractivity contribution >= 4 is 40.9 Å². The third-order valence-corrected chi connectivity index (χ3v) is 7.09. The van der Waals surface area contributed by atoms with Gasteiger partial charge in [0.1, 0.15) is 16.8 Å². The Hall–Kier alpha value is -2.00. The fraction of sp³-hybridized carbons (Fsp3) is 0.579. The average Bonchev–Trinajstić information content (AvgIpc) is 3.24. The average molecular weight is 424 g/mol. The molecule has 2 aromatic rings. The van der Waals surface area contributed by atoms with Crippen molar-refractivity contribution in [1.29, 1.82) is 0 Å². The molecule has 0 aliphatic heterocycles. The molecule has 0 atom stereocenters. The number of hydrogen-bond donors (Lipinski definition) is 1. The van der Waals surface area contributed by atoms with Crippen molar-refractivity contribution < 1.29 is 19.4 Å². The highest BCUT2D eigenvalue weighted by Gasteiger charge is 2.32. The minimum absolute atomic E-state index is 0.0333. The van der Waals surface area contributed by atoms with E-state index in [0.717, 1.165) is 37.0 Å². The van der Waals surface area contributed by atoms with Crippen LogP contribution in [0.15, 0.2) is 6.07 Å². The van der Waals surface area contributed by atoms with E-state index in [1.807, 2.05) is 33.8 Å². The number of ether oxygens (including phenoxy) is 1. The van der Waals surface area contributed by atoms with Crippen LogP contribution in [0.2, 0.25) is 0 Å². The summed E-state index contributed by atoms with van der Waals surface area (Å²) in [6.45, 7) is 7.95. The van der Waals surface area contributed by atoms with E-state index in [4.69, 9.17) is 4.74 Å². The summed E-state index contributed by atoms with van der Waals surface area (Å²) in [5.41, 5.74) is 0.328. The molecule has 152 valence electrons. The van der Waals surface area contributed by atoms with Gasteiger partial charge in [0.25, 0.3) is 5.19 Å². The van der Waals surface area contributed by atoms with Gasteiger partial charge in [-0.15, -0.1) is 11.3 Å². The molecule has 0 saturated heterocycles. The van der Waals surface area contributed by atoms with E-state index >= 15 is 0 Å². The molecule has 2 aromatic heterocycles. The first-order valence-corrected chi connectivity index (χ1v) is 10.9. The number of thiophene rings is 1. The number of anilines is 1. The lowest BCUT2D eigenvalue weighted by Gasteiger charge is -2.34. The van der Waals surface area contributed by atoms with Crippen molar-refractivity contribution in [3.63, 3.8) is 0 Å². The summed E-state index contributed by atoms with van der Waals surface area (Å²) in [5, 5.41) is 10.2. The Balaban J connectivity index is 1.73. The summed E-state index contributed by atoms with van der Waals surface area (Å²) in [6.07, 6.45) is 3.88. The van der Waals surface area contributed by atoms with Gasteiger partial charge in [0.2, 0.25) is 6.41 Å². The van der Waals surface area contributed by atoms with Crippen molar-refractivity contribution in [1.82, 2.24) is 9.36 Å². The van der Waals surface area contributed by atoms with E-state index in [2.05, 4.69) is 9.36 Å². The number of aromatic nitrogens is 2. The predicted molar refractivity (Wildman–Crippen MR) is 110 cm³/mol. The number of nitrogens with zero attached hydrogens (tertiary/aromatic N) is 3. The number of carboxylic acids is 1. The summed E-state index contributed by atoms with van der Waals surface area (Å²) in [5.74, 6) is -0.292. The Kier molecular flexibility index (Phi) is 6.04. The Morgan fingerprint density at radius 1 is 1.32 bits per heavy atom. The van der Waals surface area contributed by atoms with Crippen LogP contribution in [0, 0.1) is 6.92 Å². The highest BCUT2D eigenvalue weighted by atomic mass is 32.1. The quantitative estimate of drug-likeness (QED) is 0.698. The number of rotatable bonds is 6. The van der Waals surface area contributed by atoms with Gasteiger partial charge in [-0.25, -0.2) is 4.79 Å². The third-order valence-electron chi connectivity index (χ3n) is 4.85. The number of carbonyl (C=O) groups is 2. The van der Waals surface area contributed by atoms with E-state index in [-0.39, 0.29) is 22.4 Å². The Morgan fingerprint density at radius 2 is 2.00 bits per heavy atom. The third kappa shape index (κ3) is 4.52. The van der Waals surface area contributed by atoms with Crippen LogP contribution in [-0.4, -0.2) is 39.0 Å². The smallest absolute Gasteiger partial charge is 0.348 e. The Morgan fingerprint density at radius 3 is 2.50 bits per heavy atom. The minimum Gasteiger partial charge on any atom is -0.477 e. The summed E-state index contributed by atoms with van der Waals surface area (Å²) in [7, 11) is 0. The van der Waals surface area contributed by atoms with Crippen molar-refractivity contribution in [3.05, 3.63) is 21.6 Å². The van der Waals surface area contributed by atoms with E-state index in [0.29, 0.717) is 16.7 Å². The molecule has 7 nitrogen and oxygen atoms in total. The van der Waals surface area contributed by atoms with E-state index < -0.39 is 5.97 Å². The maximum atomic E-state index is 11.9. The van der Waals surface area contributed by atoms with E-state index in [1.54, 1.807) is 4.90 Å². The van der Waals surface area contributed by atoms with Crippen LogP contribution in [0.4, 0.5) is 5.69 Å². The highest BCUT2D eigenvalue weighted by Crippen LogP contribution is 2.39. The van der Waals surface area contributed by atoms with Crippen LogP contribution >= 0.6 is 22.9 Å². The predicted octanol–water partition coefficient (Wildman–Crippen LogP) is 4.26. The largest absolute Gasteiger partial charge is 0.477 e. The number of aromatic carboxylic acids is 1. The van der Waals surface area contributed by atoms with Gasteiger partial charge in [-0.2, -0.15) is 9.36 Å². The number of aryl methyl sites for hydroxylation is 1. The van der Waals surface area contributed by atoms with Crippen LogP contribution < -0.4 is 9.64 Å². The normalized spacial score (nSPS) is 20.0. The first-order valence-electron chi connectivity index (χ1n) is 9.27. The van der Waals surface area contributed by atoms with Crippen LogP contribution in [0.3, 0.4) is 0 Å². The monoisotopic (exact) mass is 423 g/mol. The van der Waals surface area contributed by atoms with Crippen molar-refractivity contribution in [2.75, 3.05) is 4.90 Å². The topological polar surface area (TPSA) is 92.6 Å². The minimum atomic E-state index is -0.994. The first kappa shape index (κ1) is 20.7. The van der Waals surface area contributed by atoms with Gasteiger partial charge in [0, 0.05) is 22.5 Å². The van der Waals surface area contributed by atoms with Gasteiger partial charge in [0.15, 0.2) is 0 Å². The zero-order chi connectivity index (χ0) is 20.5. The molecule has 2 heterocycles. The zero-order valence-electron chi connectivity index (χ0n) is 16.5. The first-order chi connectivity index (χ1) is 13.2. The SMILES string of the molecule is Cc1nsc(OC2CCC(N(C=O)c3cc(C(C)(C)C)sc3C(=O)O)CC2)n1. The molecule has 1 amide bonds. The molecule has 1 fully saturated rings.